The third-order valence-corrected chi connectivity index (χ3v) is 3.64. The zero-order valence-corrected chi connectivity index (χ0v) is 12.5. The van der Waals surface area contributed by atoms with E-state index in [0.717, 1.165) is 19.4 Å². The van der Waals surface area contributed by atoms with Crippen molar-refractivity contribution in [1.29, 1.82) is 0 Å². The van der Waals surface area contributed by atoms with E-state index >= 15 is 0 Å². The molecule has 1 aromatic heterocycles. The maximum Gasteiger partial charge on any atom is 0.341 e. The fourth-order valence-corrected chi connectivity index (χ4v) is 2.61. The van der Waals surface area contributed by atoms with Crippen LogP contribution in [0.15, 0.2) is 16.7 Å². The predicted octanol–water partition coefficient (Wildman–Crippen LogP) is 1.84. The Kier molecular flexibility index (Phi) is 5.38. The summed E-state index contributed by atoms with van der Waals surface area (Å²) in [5.41, 5.74) is 0.441. The average molecular weight is 295 g/mol. The van der Waals surface area contributed by atoms with E-state index in [0.29, 0.717) is 31.0 Å². The van der Waals surface area contributed by atoms with Gasteiger partial charge in [-0.15, -0.1) is 0 Å². The molecule has 116 valence electrons. The van der Waals surface area contributed by atoms with Gasteiger partial charge in [0.15, 0.2) is 0 Å². The summed E-state index contributed by atoms with van der Waals surface area (Å²) in [6.07, 6.45) is 3.25. The minimum absolute atomic E-state index is 0.102. The van der Waals surface area contributed by atoms with E-state index in [2.05, 4.69) is 4.90 Å². The molecular weight excluding hydrogens is 274 g/mol. The van der Waals surface area contributed by atoms with Gasteiger partial charge in [0, 0.05) is 6.54 Å². The van der Waals surface area contributed by atoms with Gasteiger partial charge in [0.05, 0.1) is 32.4 Å². The molecule has 0 aromatic carbocycles. The Hall–Kier alpha value is -1.82. The highest BCUT2D eigenvalue weighted by Gasteiger charge is 2.28. The first kappa shape index (κ1) is 15.6. The fraction of sp³-hybridized carbons (Fsp3) is 0.600. The Morgan fingerprint density at radius 2 is 2.29 bits per heavy atom. The van der Waals surface area contributed by atoms with Crippen molar-refractivity contribution in [2.24, 2.45) is 5.92 Å². The van der Waals surface area contributed by atoms with Gasteiger partial charge in [-0.2, -0.15) is 0 Å². The molecule has 1 aromatic rings. The van der Waals surface area contributed by atoms with Crippen LogP contribution in [0, 0.1) is 5.92 Å². The number of rotatable bonds is 5. The molecule has 0 aliphatic carbocycles. The smallest absolute Gasteiger partial charge is 0.341 e. The number of esters is 2. The number of likely N-dealkylation sites (tertiary alicyclic amines) is 1. The third kappa shape index (κ3) is 3.85. The topological polar surface area (TPSA) is 69.0 Å². The lowest BCUT2D eigenvalue weighted by atomic mass is 9.98. The van der Waals surface area contributed by atoms with Crippen LogP contribution in [-0.4, -0.2) is 43.6 Å². The molecule has 0 radical (unpaired) electrons. The van der Waals surface area contributed by atoms with Crippen LogP contribution >= 0.6 is 0 Å². The quantitative estimate of drug-likeness (QED) is 0.772. The van der Waals surface area contributed by atoms with Crippen LogP contribution in [0.5, 0.6) is 0 Å². The van der Waals surface area contributed by atoms with Crippen LogP contribution < -0.4 is 0 Å². The monoisotopic (exact) mass is 295 g/mol. The molecule has 0 spiro atoms. The Labute approximate surface area is 124 Å². The van der Waals surface area contributed by atoms with Gasteiger partial charge in [-0.1, -0.05) is 0 Å². The number of furan rings is 1. The van der Waals surface area contributed by atoms with Crippen molar-refractivity contribution in [1.82, 2.24) is 4.90 Å². The van der Waals surface area contributed by atoms with E-state index in [1.54, 1.807) is 6.07 Å². The number of methoxy groups -OCH3 is 1. The van der Waals surface area contributed by atoms with Gasteiger partial charge in [0.25, 0.3) is 0 Å². The first-order chi connectivity index (χ1) is 10.2. The molecule has 0 N–H and O–H groups in total. The summed E-state index contributed by atoms with van der Waals surface area (Å²) in [7, 11) is 1.34. The molecule has 1 atom stereocenters. The molecule has 1 aliphatic rings. The van der Waals surface area contributed by atoms with E-state index < -0.39 is 5.97 Å². The molecule has 6 nitrogen and oxygen atoms in total. The van der Waals surface area contributed by atoms with Gasteiger partial charge in [-0.05, 0) is 32.4 Å². The first-order valence-corrected chi connectivity index (χ1v) is 7.19. The summed E-state index contributed by atoms with van der Waals surface area (Å²) < 4.78 is 15.2. The van der Waals surface area contributed by atoms with Crippen molar-refractivity contribution in [2.75, 3.05) is 26.8 Å². The number of carbonyl (C=O) groups excluding carboxylic acids is 2. The molecule has 2 rings (SSSR count). The molecular formula is C15H21NO5. The highest BCUT2D eigenvalue weighted by atomic mass is 16.5. The second-order valence-electron chi connectivity index (χ2n) is 5.08. The highest BCUT2D eigenvalue weighted by molar-refractivity contribution is 5.90. The lowest BCUT2D eigenvalue weighted by Gasteiger charge is -2.30. The molecule has 21 heavy (non-hydrogen) atoms. The Bertz CT molecular complexity index is 496. The van der Waals surface area contributed by atoms with Crippen molar-refractivity contribution in [3.63, 3.8) is 0 Å². The summed E-state index contributed by atoms with van der Waals surface area (Å²) in [6.45, 7) is 4.20. The summed E-state index contributed by atoms with van der Waals surface area (Å²) >= 11 is 0. The molecule has 1 fully saturated rings. The first-order valence-electron chi connectivity index (χ1n) is 7.19. The van der Waals surface area contributed by atoms with Crippen molar-refractivity contribution < 1.29 is 23.5 Å². The molecule has 6 heteroatoms. The molecule has 0 unspecified atom stereocenters. The number of piperidine rings is 1. The third-order valence-electron chi connectivity index (χ3n) is 3.64. The Balaban J connectivity index is 1.98. The lowest BCUT2D eigenvalue weighted by molar-refractivity contribution is -0.150. The minimum atomic E-state index is -0.405. The normalized spacial score (nSPS) is 19.2. The van der Waals surface area contributed by atoms with Crippen LogP contribution in [0.4, 0.5) is 0 Å². The maximum atomic E-state index is 11.8. The molecule has 0 bridgehead atoms. The maximum absolute atomic E-state index is 11.8. The van der Waals surface area contributed by atoms with Crippen LogP contribution in [-0.2, 0) is 20.8 Å². The van der Waals surface area contributed by atoms with Crippen LogP contribution in [0.25, 0.3) is 0 Å². The van der Waals surface area contributed by atoms with Gasteiger partial charge < -0.3 is 13.9 Å². The number of hydrogen-bond donors (Lipinski definition) is 0. The van der Waals surface area contributed by atoms with Crippen molar-refractivity contribution >= 4 is 11.9 Å². The van der Waals surface area contributed by atoms with Crippen LogP contribution in [0.1, 0.15) is 35.9 Å². The molecule has 1 aliphatic heterocycles. The van der Waals surface area contributed by atoms with Gasteiger partial charge in [0.1, 0.15) is 11.3 Å². The van der Waals surface area contributed by atoms with E-state index in [4.69, 9.17) is 13.9 Å². The summed E-state index contributed by atoms with van der Waals surface area (Å²) in [6, 6.07) is 1.61. The molecule has 1 saturated heterocycles. The van der Waals surface area contributed by atoms with Crippen molar-refractivity contribution in [3.8, 4) is 0 Å². The SMILES string of the molecule is CCOC(=O)[C@@H]1CCCN(Cc2occc2C(=O)OC)C1. The number of ether oxygens (including phenoxy) is 2. The number of nitrogens with zero attached hydrogens (tertiary/aromatic N) is 1. The zero-order chi connectivity index (χ0) is 15.2. The zero-order valence-electron chi connectivity index (χ0n) is 12.5. The van der Waals surface area contributed by atoms with E-state index in [-0.39, 0.29) is 11.9 Å². The number of hydrogen-bond acceptors (Lipinski definition) is 6. The van der Waals surface area contributed by atoms with Gasteiger partial charge in [-0.25, -0.2) is 4.79 Å². The fourth-order valence-electron chi connectivity index (χ4n) is 2.61. The summed E-state index contributed by atoms with van der Waals surface area (Å²) in [4.78, 5) is 25.5. The molecule has 0 saturated carbocycles. The predicted molar refractivity (Wildman–Crippen MR) is 74.7 cm³/mol. The number of carbonyl (C=O) groups is 2. The standard InChI is InChI=1S/C15H21NO5/c1-3-20-14(17)11-5-4-7-16(9-11)10-13-12(6-8-21-13)15(18)19-2/h6,8,11H,3-5,7,9-10H2,1-2H3/t11-/m1/s1. The van der Waals surface area contributed by atoms with Gasteiger partial charge in [-0.3, -0.25) is 9.69 Å². The van der Waals surface area contributed by atoms with Crippen molar-refractivity contribution in [3.05, 3.63) is 23.7 Å². The average Bonchev–Trinajstić information content (AvgIpc) is 2.95. The molecule has 2 heterocycles. The highest BCUT2D eigenvalue weighted by Crippen LogP contribution is 2.21. The Morgan fingerprint density at radius 1 is 1.48 bits per heavy atom. The van der Waals surface area contributed by atoms with E-state index in [9.17, 15) is 9.59 Å². The second kappa shape index (κ2) is 7.26. The van der Waals surface area contributed by atoms with Gasteiger partial charge >= 0.3 is 11.9 Å². The molecule has 0 amide bonds. The summed E-state index contributed by atoms with van der Waals surface area (Å²) in [5.74, 6) is -0.0749. The Morgan fingerprint density at radius 3 is 3.00 bits per heavy atom. The van der Waals surface area contributed by atoms with E-state index in [1.165, 1.54) is 13.4 Å². The minimum Gasteiger partial charge on any atom is -0.467 e. The summed E-state index contributed by atoms with van der Waals surface area (Å²) in [5, 5.41) is 0. The largest absolute Gasteiger partial charge is 0.467 e. The second-order valence-corrected chi connectivity index (χ2v) is 5.08. The van der Waals surface area contributed by atoms with Crippen LogP contribution in [0.2, 0.25) is 0 Å². The van der Waals surface area contributed by atoms with E-state index in [1.807, 2.05) is 6.92 Å². The lowest BCUT2D eigenvalue weighted by Crippen LogP contribution is -2.39. The van der Waals surface area contributed by atoms with Crippen LogP contribution in [0.3, 0.4) is 0 Å². The van der Waals surface area contributed by atoms with Gasteiger partial charge in [0.2, 0.25) is 0 Å². The van der Waals surface area contributed by atoms with Crippen molar-refractivity contribution in [2.45, 2.75) is 26.3 Å².